The van der Waals surface area contributed by atoms with Crippen molar-refractivity contribution in [1.82, 2.24) is 0 Å². The minimum atomic E-state index is -0.356. The molecule has 0 aliphatic carbocycles. The lowest BCUT2D eigenvalue weighted by Gasteiger charge is -2.12. The Hall–Kier alpha value is -1.91. The van der Waals surface area contributed by atoms with Crippen molar-refractivity contribution < 1.29 is 14.3 Å². The number of nitrogens with one attached hydrogen (secondary N) is 1. The molecule has 6 heteroatoms. The summed E-state index contributed by atoms with van der Waals surface area (Å²) >= 11 is 12.0. The molecule has 0 aromatic heterocycles. The summed E-state index contributed by atoms with van der Waals surface area (Å²) in [7, 11) is 1.45. The Labute approximate surface area is 138 Å². The van der Waals surface area contributed by atoms with E-state index >= 15 is 0 Å². The van der Waals surface area contributed by atoms with E-state index in [2.05, 4.69) is 5.32 Å². The molecule has 0 atom stereocenters. The SMILES string of the molecule is CCOc1ccc(NC(=O)c2cc(Cl)cc(Cl)c2OC)cc1. The molecule has 116 valence electrons. The normalized spacial score (nSPS) is 10.2. The van der Waals surface area contributed by atoms with Crippen LogP contribution < -0.4 is 14.8 Å². The Morgan fingerprint density at radius 1 is 1.18 bits per heavy atom. The molecule has 2 rings (SSSR count). The fourth-order valence-corrected chi connectivity index (χ4v) is 2.51. The molecule has 2 aromatic rings. The molecule has 22 heavy (non-hydrogen) atoms. The molecule has 0 aliphatic rings. The van der Waals surface area contributed by atoms with Crippen molar-refractivity contribution in [3.8, 4) is 11.5 Å². The van der Waals surface area contributed by atoms with Gasteiger partial charge in [0.25, 0.3) is 5.91 Å². The predicted molar refractivity (Wildman–Crippen MR) is 88.6 cm³/mol. The highest BCUT2D eigenvalue weighted by molar-refractivity contribution is 6.36. The van der Waals surface area contributed by atoms with E-state index in [1.165, 1.54) is 19.2 Å². The minimum absolute atomic E-state index is 0.272. The van der Waals surface area contributed by atoms with Crippen LogP contribution in [0.15, 0.2) is 36.4 Å². The fraction of sp³-hybridized carbons (Fsp3) is 0.188. The quantitative estimate of drug-likeness (QED) is 0.862. The maximum Gasteiger partial charge on any atom is 0.259 e. The van der Waals surface area contributed by atoms with Gasteiger partial charge in [0.05, 0.1) is 24.3 Å². The predicted octanol–water partition coefficient (Wildman–Crippen LogP) is 4.65. The van der Waals surface area contributed by atoms with Crippen molar-refractivity contribution >= 4 is 34.8 Å². The van der Waals surface area contributed by atoms with E-state index in [4.69, 9.17) is 32.7 Å². The summed E-state index contributed by atoms with van der Waals surface area (Å²) in [6, 6.07) is 10.1. The Morgan fingerprint density at radius 2 is 1.86 bits per heavy atom. The highest BCUT2D eigenvalue weighted by Gasteiger charge is 2.17. The van der Waals surface area contributed by atoms with Crippen molar-refractivity contribution in [2.24, 2.45) is 0 Å². The topological polar surface area (TPSA) is 47.6 Å². The van der Waals surface area contributed by atoms with Crippen LogP contribution in [0.1, 0.15) is 17.3 Å². The van der Waals surface area contributed by atoms with Gasteiger partial charge < -0.3 is 14.8 Å². The molecular formula is C16H15Cl2NO3. The van der Waals surface area contributed by atoms with Gasteiger partial charge >= 0.3 is 0 Å². The molecule has 0 spiro atoms. The molecule has 0 radical (unpaired) electrons. The molecule has 0 saturated heterocycles. The molecule has 1 amide bonds. The van der Waals surface area contributed by atoms with Gasteiger partial charge in [0.2, 0.25) is 0 Å². The standard InChI is InChI=1S/C16H15Cl2NO3/c1-3-22-12-6-4-11(5-7-12)19-16(20)13-8-10(17)9-14(18)15(13)21-2/h4-9H,3H2,1-2H3,(H,19,20). The van der Waals surface area contributed by atoms with E-state index < -0.39 is 0 Å². The third-order valence-electron chi connectivity index (χ3n) is 2.88. The number of carbonyl (C=O) groups is 1. The maximum absolute atomic E-state index is 12.4. The summed E-state index contributed by atoms with van der Waals surface area (Å²) in [5, 5.41) is 3.41. The van der Waals surface area contributed by atoms with Crippen LogP contribution in [-0.4, -0.2) is 19.6 Å². The number of methoxy groups -OCH3 is 1. The number of halogens is 2. The van der Waals surface area contributed by atoms with Crippen LogP contribution in [0, 0.1) is 0 Å². The summed E-state index contributed by atoms with van der Waals surface area (Å²) in [6.07, 6.45) is 0. The van der Waals surface area contributed by atoms with Crippen molar-refractivity contribution in [2.75, 3.05) is 19.0 Å². The molecule has 0 unspecified atom stereocenters. The van der Waals surface area contributed by atoms with Gasteiger partial charge in [-0.15, -0.1) is 0 Å². The molecule has 4 nitrogen and oxygen atoms in total. The lowest BCUT2D eigenvalue weighted by atomic mass is 10.1. The average Bonchev–Trinajstić information content (AvgIpc) is 2.49. The number of amides is 1. The summed E-state index contributed by atoms with van der Waals surface area (Å²) in [5.74, 6) is 0.670. The van der Waals surface area contributed by atoms with Crippen LogP contribution >= 0.6 is 23.2 Å². The smallest absolute Gasteiger partial charge is 0.259 e. The van der Waals surface area contributed by atoms with Crippen LogP contribution in [0.2, 0.25) is 10.0 Å². The van der Waals surface area contributed by atoms with Gasteiger partial charge in [0.1, 0.15) is 11.5 Å². The number of ether oxygens (including phenoxy) is 2. The highest BCUT2D eigenvalue weighted by atomic mass is 35.5. The maximum atomic E-state index is 12.4. The van der Waals surface area contributed by atoms with Gasteiger partial charge in [-0.1, -0.05) is 23.2 Å². The molecule has 0 aliphatic heterocycles. The number of anilines is 1. The monoisotopic (exact) mass is 339 g/mol. The average molecular weight is 340 g/mol. The van der Waals surface area contributed by atoms with Gasteiger partial charge in [0.15, 0.2) is 0 Å². The highest BCUT2D eigenvalue weighted by Crippen LogP contribution is 2.32. The van der Waals surface area contributed by atoms with Crippen LogP contribution in [0.3, 0.4) is 0 Å². The summed E-state index contributed by atoms with van der Waals surface area (Å²) in [4.78, 5) is 12.4. The lowest BCUT2D eigenvalue weighted by molar-refractivity contribution is 0.102. The lowest BCUT2D eigenvalue weighted by Crippen LogP contribution is -2.13. The number of hydrogen-bond donors (Lipinski definition) is 1. The van der Waals surface area contributed by atoms with Gasteiger partial charge in [-0.2, -0.15) is 0 Å². The number of rotatable bonds is 5. The first-order valence-corrected chi connectivity index (χ1v) is 7.38. The zero-order chi connectivity index (χ0) is 16.1. The Kier molecular flexibility index (Phi) is 5.52. The second-order valence-corrected chi connectivity index (χ2v) is 5.22. The molecule has 0 saturated carbocycles. The minimum Gasteiger partial charge on any atom is -0.494 e. The van der Waals surface area contributed by atoms with E-state index in [0.717, 1.165) is 5.75 Å². The third kappa shape index (κ3) is 3.84. The van der Waals surface area contributed by atoms with E-state index in [1.54, 1.807) is 24.3 Å². The van der Waals surface area contributed by atoms with Crippen LogP contribution in [0.4, 0.5) is 5.69 Å². The van der Waals surface area contributed by atoms with Crippen molar-refractivity contribution in [3.05, 3.63) is 52.0 Å². The van der Waals surface area contributed by atoms with Gasteiger partial charge in [-0.05, 0) is 43.3 Å². The van der Waals surface area contributed by atoms with Gasteiger partial charge in [-0.3, -0.25) is 4.79 Å². The van der Waals surface area contributed by atoms with E-state index in [1.807, 2.05) is 6.92 Å². The Balaban J connectivity index is 2.22. The summed E-state index contributed by atoms with van der Waals surface area (Å²) < 4.78 is 10.5. The van der Waals surface area contributed by atoms with Crippen LogP contribution in [0.5, 0.6) is 11.5 Å². The Bertz CT molecular complexity index is 672. The summed E-state index contributed by atoms with van der Waals surface area (Å²) in [5.41, 5.74) is 0.903. The molecule has 0 heterocycles. The number of carbonyl (C=O) groups excluding carboxylic acids is 1. The molecular weight excluding hydrogens is 325 g/mol. The van der Waals surface area contributed by atoms with Crippen molar-refractivity contribution in [3.63, 3.8) is 0 Å². The Morgan fingerprint density at radius 3 is 2.45 bits per heavy atom. The van der Waals surface area contributed by atoms with Crippen LogP contribution in [0.25, 0.3) is 0 Å². The third-order valence-corrected chi connectivity index (χ3v) is 3.38. The fourth-order valence-electron chi connectivity index (χ4n) is 1.94. The van der Waals surface area contributed by atoms with E-state index in [-0.39, 0.29) is 22.2 Å². The van der Waals surface area contributed by atoms with Gasteiger partial charge in [0, 0.05) is 10.7 Å². The second-order valence-electron chi connectivity index (χ2n) is 4.38. The summed E-state index contributed by atoms with van der Waals surface area (Å²) in [6.45, 7) is 2.49. The van der Waals surface area contributed by atoms with Gasteiger partial charge in [-0.25, -0.2) is 0 Å². The number of hydrogen-bond acceptors (Lipinski definition) is 3. The first kappa shape index (κ1) is 16.5. The number of benzene rings is 2. The first-order chi connectivity index (χ1) is 10.5. The van der Waals surface area contributed by atoms with E-state index in [0.29, 0.717) is 17.3 Å². The second kappa shape index (κ2) is 7.38. The zero-order valence-corrected chi connectivity index (χ0v) is 13.7. The van der Waals surface area contributed by atoms with Crippen molar-refractivity contribution in [1.29, 1.82) is 0 Å². The molecule has 0 bridgehead atoms. The molecule has 2 aromatic carbocycles. The molecule has 1 N–H and O–H groups in total. The zero-order valence-electron chi connectivity index (χ0n) is 12.2. The van der Waals surface area contributed by atoms with Crippen LogP contribution in [-0.2, 0) is 0 Å². The first-order valence-electron chi connectivity index (χ1n) is 6.62. The van der Waals surface area contributed by atoms with E-state index in [9.17, 15) is 4.79 Å². The molecule has 0 fully saturated rings. The largest absolute Gasteiger partial charge is 0.494 e. The van der Waals surface area contributed by atoms with Crippen molar-refractivity contribution in [2.45, 2.75) is 6.92 Å².